The van der Waals surface area contributed by atoms with Gasteiger partial charge in [0.1, 0.15) is 0 Å². The Labute approximate surface area is 110 Å². The summed E-state index contributed by atoms with van der Waals surface area (Å²) >= 11 is 0. The number of benzene rings is 1. The molecule has 0 bridgehead atoms. The van der Waals surface area contributed by atoms with E-state index in [1.54, 1.807) is 11.0 Å². The summed E-state index contributed by atoms with van der Waals surface area (Å²) in [5.74, 6) is -0.0828. The van der Waals surface area contributed by atoms with E-state index in [0.717, 1.165) is 6.42 Å². The normalized spacial score (nSPS) is 14.0. The molecule has 1 aromatic carbocycles. The van der Waals surface area contributed by atoms with E-state index in [4.69, 9.17) is 0 Å². The largest absolute Gasteiger partial charge is 0.334 e. The molecule has 4 heteroatoms. The minimum atomic E-state index is -0.247. The van der Waals surface area contributed by atoms with E-state index in [-0.39, 0.29) is 11.5 Å². The summed E-state index contributed by atoms with van der Waals surface area (Å²) in [5.41, 5.74) is 2.69. The lowest BCUT2D eigenvalue weighted by Crippen LogP contribution is -2.36. The van der Waals surface area contributed by atoms with E-state index in [0.29, 0.717) is 18.7 Å². The van der Waals surface area contributed by atoms with Crippen molar-refractivity contribution in [1.82, 2.24) is 9.88 Å². The van der Waals surface area contributed by atoms with Crippen LogP contribution in [0.5, 0.6) is 0 Å². The van der Waals surface area contributed by atoms with Crippen LogP contribution in [-0.2, 0) is 13.0 Å². The Morgan fingerprint density at radius 3 is 2.74 bits per heavy atom. The molecule has 1 aromatic heterocycles. The number of H-pyrrole nitrogens is 1. The van der Waals surface area contributed by atoms with Gasteiger partial charge >= 0.3 is 0 Å². The molecule has 1 aliphatic rings. The Hall–Kier alpha value is -2.36. The number of carbonyl (C=O) groups excluding carboxylic acids is 1. The molecular weight excluding hydrogens is 240 g/mol. The Morgan fingerprint density at radius 1 is 1.16 bits per heavy atom. The smallest absolute Gasteiger partial charge is 0.254 e. The summed E-state index contributed by atoms with van der Waals surface area (Å²) < 4.78 is 0. The van der Waals surface area contributed by atoms with Gasteiger partial charge in [0.25, 0.3) is 5.91 Å². The summed E-state index contributed by atoms with van der Waals surface area (Å²) in [5, 5.41) is 0. The first-order valence-corrected chi connectivity index (χ1v) is 6.29. The number of rotatable bonds is 1. The molecule has 0 atom stereocenters. The highest BCUT2D eigenvalue weighted by Gasteiger charge is 2.21. The van der Waals surface area contributed by atoms with Crippen molar-refractivity contribution >= 4 is 5.91 Å². The number of carbonyl (C=O) groups is 1. The summed E-state index contributed by atoms with van der Waals surface area (Å²) in [4.78, 5) is 27.9. The Morgan fingerprint density at radius 2 is 1.95 bits per heavy atom. The number of amides is 1. The summed E-state index contributed by atoms with van der Waals surface area (Å²) in [6.45, 7) is 1.31. The molecule has 3 rings (SSSR count). The van der Waals surface area contributed by atoms with Gasteiger partial charge in [0.05, 0.1) is 0 Å². The van der Waals surface area contributed by atoms with Crippen LogP contribution in [0.2, 0.25) is 0 Å². The number of aromatic amines is 1. The molecule has 19 heavy (non-hydrogen) atoms. The number of aromatic nitrogens is 1. The maximum Gasteiger partial charge on any atom is 0.254 e. The molecule has 0 saturated carbocycles. The zero-order chi connectivity index (χ0) is 13.2. The van der Waals surface area contributed by atoms with E-state index in [1.807, 2.05) is 18.2 Å². The lowest BCUT2D eigenvalue weighted by molar-refractivity contribution is 0.0734. The van der Waals surface area contributed by atoms with Crippen molar-refractivity contribution in [3.8, 4) is 0 Å². The molecule has 0 radical (unpaired) electrons. The highest BCUT2D eigenvalue weighted by atomic mass is 16.2. The highest BCUT2D eigenvalue weighted by molar-refractivity contribution is 5.94. The molecule has 1 N–H and O–H groups in total. The van der Waals surface area contributed by atoms with Gasteiger partial charge in [-0.25, -0.2) is 0 Å². The summed E-state index contributed by atoms with van der Waals surface area (Å²) in [7, 11) is 0. The third-order valence-corrected chi connectivity index (χ3v) is 3.44. The fraction of sp³-hybridized carbons (Fsp3) is 0.200. The van der Waals surface area contributed by atoms with Crippen LogP contribution in [0.25, 0.3) is 0 Å². The van der Waals surface area contributed by atoms with Crippen molar-refractivity contribution in [2.75, 3.05) is 6.54 Å². The predicted octanol–water partition coefficient (Wildman–Crippen LogP) is 1.57. The number of fused-ring (bicyclic) bond motifs is 1. The van der Waals surface area contributed by atoms with Crippen molar-refractivity contribution in [2.24, 2.45) is 0 Å². The predicted molar refractivity (Wildman–Crippen MR) is 71.9 cm³/mol. The minimum Gasteiger partial charge on any atom is -0.334 e. The first-order valence-electron chi connectivity index (χ1n) is 6.29. The maximum absolute atomic E-state index is 12.3. The lowest BCUT2D eigenvalue weighted by atomic mass is 9.99. The zero-order valence-corrected chi connectivity index (χ0v) is 10.4. The summed E-state index contributed by atoms with van der Waals surface area (Å²) in [6, 6.07) is 11.1. The van der Waals surface area contributed by atoms with Gasteiger partial charge < -0.3 is 9.88 Å². The zero-order valence-electron chi connectivity index (χ0n) is 10.4. The number of pyridine rings is 1. The van der Waals surface area contributed by atoms with Crippen LogP contribution in [-0.4, -0.2) is 22.3 Å². The van der Waals surface area contributed by atoms with E-state index < -0.39 is 0 Å². The molecule has 2 aromatic rings. The van der Waals surface area contributed by atoms with E-state index in [9.17, 15) is 9.59 Å². The molecule has 0 saturated heterocycles. The molecule has 4 nitrogen and oxygen atoms in total. The average Bonchev–Trinajstić information content (AvgIpc) is 2.46. The van der Waals surface area contributed by atoms with Crippen LogP contribution in [0.3, 0.4) is 0 Å². The standard InChI is InChI=1S/C15H14N2O2/c18-14-9-12(5-7-16-14)15(19)17-8-6-11-3-1-2-4-13(11)10-17/h1-5,7,9H,6,8,10H2,(H,16,18). The van der Waals surface area contributed by atoms with Gasteiger partial charge in [-0.3, -0.25) is 9.59 Å². The average molecular weight is 254 g/mol. The Balaban J connectivity index is 1.85. The maximum atomic E-state index is 12.3. The first kappa shape index (κ1) is 11.7. The molecular formula is C15H14N2O2. The molecule has 0 aliphatic carbocycles. The van der Waals surface area contributed by atoms with Crippen LogP contribution in [0, 0.1) is 0 Å². The fourth-order valence-corrected chi connectivity index (χ4v) is 2.43. The van der Waals surface area contributed by atoms with Crippen LogP contribution in [0.15, 0.2) is 47.4 Å². The van der Waals surface area contributed by atoms with Crippen LogP contribution >= 0.6 is 0 Å². The van der Waals surface area contributed by atoms with Gasteiger partial charge in [-0.15, -0.1) is 0 Å². The van der Waals surface area contributed by atoms with Crippen molar-refractivity contribution in [2.45, 2.75) is 13.0 Å². The fourth-order valence-electron chi connectivity index (χ4n) is 2.43. The third-order valence-electron chi connectivity index (χ3n) is 3.44. The third kappa shape index (κ3) is 2.29. The van der Waals surface area contributed by atoms with E-state index in [2.05, 4.69) is 11.1 Å². The second kappa shape index (κ2) is 4.72. The molecule has 2 heterocycles. The molecule has 1 aliphatic heterocycles. The van der Waals surface area contributed by atoms with Crippen LogP contribution in [0.4, 0.5) is 0 Å². The molecule has 1 amide bonds. The topological polar surface area (TPSA) is 53.2 Å². The molecule has 0 spiro atoms. The van der Waals surface area contributed by atoms with Crippen LogP contribution in [0.1, 0.15) is 21.5 Å². The van der Waals surface area contributed by atoms with Crippen molar-refractivity contribution in [3.05, 3.63) is 69.6 Å². The Bertz CT molecular complexity index is 676. The molecule has 96 valence electrons. The number of nitrogens with one attached hydrogen (secondary N) is 1. The molecule has 0 fully saturated rings. The number of hydrogen-bond acceptors (Lipinski definition) is 2. The minimum absolute atomic E-state index is 0.0828. The van der Waals surface area contributed by atoms with Gasteiger partial charge in [0.2, 0.25) is 5.56 Å². The summed E-state index contributed by atoms with van der Waals surface area (Å²) in [6.07, 6.45) is 2.37. The SMILES string of the molecule is O=C(c1cc[nH]c(=O)c1)N1CCc2ccccc2C1. The Kier molecular flexibility index (Phi) is 2.91. The highest BCUT2D eigenvalue weighted by Crippen LogP contribution is 2.19. The number of nitrogens with zero attached hydrogens (tertiary/aromatic N) is 1. The van der Waals surface area contributed by atoms with Gasteiger partial charge in [-0.05, 0) is 23.6 Å². The van der Waals surface area contributed by atoms with Crippen molar-refractivity contribution < 1.29 is 4.79 Å². The first-order chi connectivity index (χ1) is 9.24. The molecule has 0 unspecified atom stereocenters. The van der Waals surface area contributed by atoms with Crippen molar-refractivity contribution in [1.29, 1.82) is 0 Å². The van der Waals surface area contributed by atoms with Crippen molar-refractivity contribution in [3.63, 3.8) is 0 Å². The van der Waals surface area contributed by atoms with Crippen LogP contribution < -0.4 is 5.56 Å². The van der Waals surface area contributed by atoms with Gasteiger partial charge in [-0.1, -0.05) is 24.3 Å². The quantitative estimate of drug-likeness (QED) is 0.840. The van der Waals surface area contributed by atoms with E-state index in [1.165, 1.54) is 23.4 Å². The monoisotopic (exact) mass is 254 g/mol. The van der Waals surface area contributed by atoms with Gasteiger partial charge in [0.15, 0.2) is 0 Å². The lowest BCUT2D eigenvalue weighted by Gasteiger charge is -2.28. The second-order valence-electron chi connectivity index (χ2n) is 4.69. The van der Waals surface area contributed by atoms with Gasteiger partial charge in [-0.2, -0.15) is 0 Å². The number of hydrogen-bond donors (Lipinski definition) is 1. The van der Waals surface area contributed by atoms with Gasteiger partial charge in [0, 0.05) is 30.9 Å². The second-order valence-corrected chi connectivity index (χ2v) is 4.69. The van der Waals surface area contributed by atoms with E-state index >= 15 is 0 Å².